The van der Waals surface area contributed by atoms with Crippen LogP contribution in [-0.4, -0.2) is 18.8 Å². The van der Waals surface area contributed by atoms with Crippen molar-refractivity contribution in [1.29, 1.82) is 0 Å². The molecule has 1 atom stereocenters. The minimum atomic E-state index is 0.121. The Kier molecular flexibility index (Phi) is 3.84. The molecule has 0 aromatic heterocycles. The van der Waals surface area contributed by atoms with Gasteiger partial charge < -0.3 is 15.2 Å². The lowest BCUT2D eigenvalue weighted by Gasteiger charge is -2.28. The van der Waals surface area contributed by atoms with Gasteiger partial charge in [-0.1, -0.05) is 25.1 Å². The van der Waals surface area contributed by atoms with Crippen LogP contribution in [-0.2, 0) is 12.8 Å². The van der Waals surface area contributed by atoms with Gasteiger partial charge in [-0.2, -0.15) is 0 Å². The zero-order chi connectivity index (χ0) is 14.8. The van der Waals surface area contributed by atoms with Gasteiger partial charge in [-0.25, -0.2) is 0 Å². The van der Waals surface area contributed by atoms with Crippen molar-refractivity contribution in [3.63, 3.8) is 0 Å². The number of hydrogen-bond donors (Lipinski definition) is 2. The van der Waals surface area contributed by atoms with E-state index in [2.05, 4.69) is 30.4 Å². The highest BCUT2D eigenvalue weighted by molar-refractivity contribution is 5.48. The van der Waals surface area contributed by atoms with E-state index in [1.807, 2.05) is 12.1 Å². The summed E-state index contributed by atoms with van der Waals surface area (Å²) in [5.74, 6) is 1.26. The van der Waals surface area contributed by atoms with Crippen LogP contribution < -0.4 is 10.1 Å². The molecule has 0 saturated carbocycles. The summed E-state index contributed by atoms with van der Waals surface area (Å²) in [5, 5.41) is 13.2. The number of hydrogen-bond acceptors (Lipinski definition) is 3. The van der Waals surface area contributed by atoms with Crippen molar-refractivity contribution >= 4 is 0 Å². The van der Waals surface area contributed by atoms with E-state index in [0.717, 1.165) is 30.7 Å². The predicted molar refractivity (Wildman–Crippen MR) is 84.0 cm³/mol. The van der Waals surface area contributed by atoms with E-state index >= 15 is 0 Å². The number of ether oxygens (including phenoxy) is 1. The number of phenols is 1. The van der Waals surface area contributed by atoms with Crippen LogP contribution in [0.4, 0.5) is 0 Å². The average Bonchev–Trinajstić information content (AvgIpc) is 2.53. The van der Waals surface area contributed by atoms with Crippen LogP contribution in [0.3, 0.4) is 0 Å². The summed E-state index contributed by atoms with van der Waals surface area (Å²) >= 11 is 0. The van der Waals surface area contributed by atoms with Gasteiger partial charge in [0.1, 0.15) is 11.5 Å². The third-order valence-electron chi connectivity index (χ3n) is 4.20. The van der Waals surface area contributed by atoms with Gasteiger partial charge in [0.15, 0.2) is 0 Å². The third kappa shape index (κ3) is 2.61. The highest BCUT2D eigenvalue weighted by Gasteiger charge is 2.24. The predicted octanol–water partition coefficient (Wildman–Crippen LogP) is 3.20. The Morgan fingerprint density at radius 3 is 2.76 bits per heavy atom. The van der Waals surface area contributed by atoms with Crippen molar-refractivity contribution in [2.75, 3.05) is 13.7 Å². The molecule has 1 aliphatic heterocycles. The molecule has 3 rings (SSSR count). The van der Waals surface area contributed by atoms with Crippen molar-refractivity contribution in [3.8, 4) is 11.5 Å². The van der Waals surface area contributed by atoms with Crippen molar-refractivity contribution in [1.82, 2.24) is 5.32 Å². The summed E-state index contributed by atoms with van der Waals surface area (Å²) < 4.78 is 5.59. The van der Waals surface area contributed by atoms with Gasteiger partial charge in [0, 0.05) is 12.1 Å². The fourth-order valence-corrected chi connectivity index (χ4v) is 3.04. The van der Waals surface area contributed by atoms with E-state index in [9.17, 15) is 5.11 Å². The fraction of sp³-hybridized carbons (Fsp3) is 0.333. The van der Waals surface area contributed by atoms with Crippen molar-refractivity contribution in [3.05, 3.63) is 58.7 Å². The van der Waals surface area contributed by atoms with Crippen LogP contribution >= 0.6 is 0 Å². The lowest BCUT2D eigenvalue weighted by Crippen LogP contribution is -2.30. The molecule has 0 fully saturated rings. The summed E-state index contributed by atoms with van der Waals surface area (Å²) in [4.78, 5) is 0. The number of fused-ring (bicyclic) bond motifs is 1. The van der Waals surface area contributed by atoms with E-state index in [0.29, 0.717) is 5.75 Å². The molecule has 21 heavy (non-hydrogen) atoms. The van der Waals surface area contributed by atoms with E-state index < -0.39 is 0 Å². The summed E-state index contributed by atoms with van der Waals surface area (Å²) in [7, 11) is 1.72. The average molecular weight is 283 g/mol. The molecule has 2 N–H and O–H groups in total. The zero-order valence-corrected chi connectivity index (χ0v) is 12.5. The zero-order valence-electron chi connectivity index (χ0n) is 12.5. The molecular weight excluding hydrogens is 262 g/mol. The minimum absolute atomic E-state index is 0.121. The molecule has 0 radical (unpaired) electrons. The molecular formula is C18H21NO2. The second kappa shape index (κ2) is 5.78. The number of phenolic OH excluding ortho intramolecular Hbond substituents is 1. The molecule has 0 spiro atoms. The smallest absolute Gasteiger partial charge is 0.124 e. The highest BCUT2D eigenvalue weighted by Crippen LogP contribution is 2.35. The lowest BCUT2D eigenvalue weighted by atomic mass is 9.88. The first-order chi connectivity index (χ1) is 10.2. The Morgan fingerprint density at radius 2 is 2.00 bits per heavy atom. The fourth-order valence-electron chi connectivity index (χ4n) is 3.04. The Morgan fingerprint density at radius 1 is 1.19 bits per heavy atom. The van der Waals surface area contributed by atoms with E-state index in [1.165, 1.54) is 16.7 Å². The van der Waals surface area contributed by atoms with Gasteiger partial charge in [-0.3, -0.25) is 0 Å². The number of aromatic hydroxyl groups is 1. The van der Waals surface area contributed by atoms with Gasteiger partial charge >= 0.3 is 0 Å². The van der Waals surface area contributed by atoms with E-state index in [-0.39, 0.29) is 6.04 Å². The topological polar surface area (TPSA) is 41.5 Å². The first kappa shape index (κ1) is 14.0. The number of aryl methyl sites for hydroxylation is 1. The van der Waals surface area contributed by atoms with Gasteiger partial charge in [0.05, 0.1) is 13.2 Å². The van der Waals surface area contributed by atoms with Crippen LogP contribution in [0.2, 0.25) is 0 Å². The van der Waals surface area contributed by atoms with Crippen LogP contribution in [0.5, 0.6) is 11.5 Å². The second-order valence-corrected chi connectivity index (χ2v) is 5.45. The Bertz CT molecular complexity index is 652. The van der Waals surface area contributed by atoms with Crippen molar-refractivity contribution in [2.45, 2.75) is 25.8 Å². The van der Waals surface area contributed by atoms with Crippen molar-refractivity contribution in [2.24, 2.45) is 0 Å². The summed E-state index contributed by atoms with van der Waals surface area (Å²) in [6.07, 6.45) is 1.94. The standard InChI is InChI=1S/C18H21NO2/c1-3-12-4-6-16(17(10-12)21-2)18-15-7-5-14(20)11-13(15)8-9-19-18/h4-7,10-11,18-20H,3,8-9H2,1-2H3. The van der Waals surface area contributed by atoms with Crippen LogP contribution in [0.25, 0.3) is 0 Å². The largest absolute Gasteiger partial charge is 0.508 e. The molecule has 1 aliphatic rings. The number of methoxy groups -OCH3 is 1. The maximum absolute atomic E-state index is 9.67. The molecule has 3 nitrogen and oxygen atoms in total. The minimum Gasteiger partial charge on any atom is -0.508 e. The van der Waals surface area contributed by atoms with E-state index in [1.54, 1.807) is 13.2 Å². The van der Waals surface area contributed by atoms with Crippen LogP contribution in [0, 0.1) is 0 Å². The van der Waals surface area contributed by atoms with E-state index in [4.69, 9.17) is 4.74 Å². The third-order valence-corrected chi connectivity index (χ3v) is 4.20. The Balaban J connectivity index is 2.06. The number of nitrogens with one attached hydrogen (secondary N) is 1. The molecule has 0 amide bonds. The first-order valence-corrected chi connectivity index (χ1v) is 7.45. The lowest BCUT2D eigenvalue weighted by molar-refractivity contribution is 0.402. The highest BCUT2D eigenvalue weighted by atomic mass is 16.5. The summed E-state index contributed by atoms with van der Waals surface area (Å²) in [6, 6.07) is 12.2. The molecule has 2 aromatic rings. The Labute approximate surface area is 125 Å². The van der Waals surface area contributed by atoms with Gasteiger partial charge in [0.25, 0.3) is 0 Å². The number of rotatable bonds is 3. The van der Waals surface area contributed by atoms with Gasteiger partial charge in [-0.05, 0) is 47.7 Å². The maximum Gasteiger partial charge on any atom is 0.124 e. The van der Waals surface area contributed by atoms with Gasteiger partial charge in [-0.15, -0.1) is 0 Å². The monoisotopic (exact) mass is 283 g/mol. The molecule has 3 heteroatoms. The summed E-state index contributed by atoms with van der Waals surface area (Å²) in [6.45, 7) is 3.05. The molecule has 2 aromatic carbocycles. The van der Waals surface area contributed by atoms with Gasteiger partial charge in [0.2, 0.25) is 0 Å². The van der Waals surface area contributed by atoms with Crippen LogP contribution in [0.1, 0.15) is 35.2 Å². The SMILES string of the molecule is CCc1ccc(C2NCCc3cc(O)ccc32)c(OC)c1. The molecule has 110 valence electrons. The molecule has 1 heterocycles. The van der Waals surface area contributed by atoms with Crippen LogP contribution in [0.15, 0.2) is 36.4 Å². The molecule has 0 saturated heterocycles. The first-order valence-electron chi connectivity index (χ1n) is 7.45. The molecule has 1 unspecified atom stereocenters. The quantitative estimate of drug-likeness (QED) is 0.909. The second-order valence-electron chi connectivity index (χ2n) is 5.45. The summed E-state index contributed by atoms with van der Waals surface area (Å²) in [5.41, 5.74) is 4.86. The normalized spacial score (nSPS) is 17.3. The molecule has 0 bridgehead atoms. The molecule has 0 aliphatic carbocycles. The number of benzene rings is 2. The van der Waals surface area contributed by atoms with Crippen molar-refractivity contribution < 1.29 is 9.84 Å². The Hall–Kier alpha value is -2.00. The maximum atomic E-state index is 9.67.